The minimum absolute atomic E-state index is 0. The highest BCUT2D eigenvalue weighted by molar-refractivity contribution is 4.88. The number of aromatic nitrogens is 2. The summed E-state index contributed by atoms with van der Waals surface area (Å²) >= 11 is 0. The van der Waals surface area contributed by atoms with Crippen LogP contribution in [0.2, 0.25) is 0 Å². The van der Waals surface area contributed by atoms with Crippen molar-refractivity contribution in [2.24, 2.45) is 7.05 Å². The molecule has 1 aromatic heterocycles. The van der Waals surface area contributed by atoms with Gasteiger partial charge in [-0.25, -0.2) is 9.13 Å². The molecule has 0 saturated heterocycles. The Hall–Kier alpha value is -0.500. The van der Waals surface area contributed by atoms with Crippen LogP contribution >= 0.6 is 0 Å². The Morgan fingerprint density at radius 2 is 1.87 bits per heavy atom. The number of halogens is 1. The van der Waals surface area contributed by atoms with Crippen molar-refractivity contribution < 1.29 is 17.0 Å². The normalized spacial score (nSPS) is 10.1. The minimum Gasteiger partial charge on any atom is -1.00 e. The Morgan fingerprint density at radius 1 is 1.20 bits per heavy atom. The second-order valence-electron chi connectivity index (χ2n) is 4.04. The van der Waals surface area contributed by atoms with Crippen LogP contribution < -0.4 is 17.0 Å². The number of rotatable bonds is 6. The van der Waals surface area contributed by atoms with Crippen molar-refractivity contribution in [3.63, 3.8) is 0 Å². The van der Waals surface area contributed by atoms with Gasteiger partial charge in [0.15, 0.2) is 0 Å². The Balaban J connectivity index is 0.00000196. The lowest BCUT2D eigenvalue weighted by Crippen LogP contribution is -3.00. The molecule has 0 aliphatic rings. The first-order valence-corrected chi connectivity index (χ1v) is 5.82. The van der Waals surface area contributed by atoms with Crippen LogP contribution in [0.15, 0.2) is 12.5 Å². The number of hydrogen-bond acceptors (Lipinski definition) is 0. The summed E-state index contributed by atoms with van der Waals surface area (Å²) in [7, 11) is 2.15. The molecular formula is C12H23ClN2. The first-order chi connectivity index (χ1) is 6.77. The minimum atomic E-state index is 0. The van der Waals surface area contributed by atoms with Gasteiger partial charge in [-0.3, -0.25) is 0 Å². The van der Waals surface area contributed by atoms with Gasteiger partial charge in [0.2, 0.25) is 6.33 Å². The first-order valence-electron chi connectivity index (χ1n) is 5.82. The van der Waals surface area contributed by atoms with E-state index in [0.29, 0.717) is 0 Å². The molecule has 0 aliphatic heterocycles. The Labute approximate surface area is 99.7 Å². The molecule has 1 heterocycles. The molecule has 0 atom stereocenters. The van der Waals surface area contributed by atoms with E-state index in [4.69, 9.17) is 0 Å². The predicted molar refractivity (Wildman–Crippen MR) is 59.1 cm³/mol. The van der Waals surface area contributed by atoms with Gasteiger partial charge < -0.3 is 12.4 Å². The lowest BCUT2D eigenvalue weighted by Gasteiger charge is -1.92. The van der Waals surface area contributed by atoms with E-state index in [1.54, 1.807) is 0 Å². The van der Waals surface area contributed by atoms with Crippen molar-refractivity contribution in [2.75, 3.05) is 0 Å². The number of hydrogen-bond donors (Lipinski definition) is 0. The van der Waals surface area contributed by atoms with Crippen molar-refractivity contribution >= 4 is 0 Å². The summed E-state index contributed by atoms with van der Waals surface area (Å²) in [6.45, 7) is 5.64. The van der Waals surface area contributed by atoms with Gasteiger partial charge in [0, 0.05) is 6.42 Å². The third kappa shape index (κ3) is 4.70. The molecule has 1 aromatic rings. The summed E-state index contributed by atoms with van der Waals surface area (Å²) in [5.74, 6) is 0. The largest absolute Gasteiger partial charge is 1.00 e. The monoisotopic (exact) mass is 230 g/mol. The van der Waals surface area contributed by atoms with Crippen molar-refractivity contribution in [2.45, 2.75) is 52.5 Å². The lowest BCUT2D eigenvalue weighted by atomic mass is 10.2. The fourth-order valence-corrected chi connectivity index (χ4v) is 1.67. The zero-order valence-corrected chi connectivity index (χ0v) is 10.9. The van der Waals surface area contributed by atoms with Gasteiger partial charge in [-0.1, -0.05) is 26.7 Å². The molecule has 0 N–H and O–H groups in total. The average Bonchev–Trinajstić information content (AvgIpc) is 2.53. The van der Waals surface area contributed by atoms with E-state index >= 15 is 0 Å². The maximum absolute atomic E-state index is 2.31. The number of nitrogens with zero attached hydrogens (tertiary/aromatic N) is 2. The number of aryl methyl sites for hydroxylation is 3. The summed E-state index contributed by atoms with van der Waals surface area (Å²) in [6, 6.07) is 0. The van der Waals surface area contributed by atoms with Crippen LogP contribution in [0.3, 0.4) is 0 Å². The maximum Gasteiger partial charge on any atom is 0.243 e. The zero-order valence-electron chi connectivity index (χ0n) is 10.2. The molecule has 0 fully saturated rings. The summed E-state index contributed by atoms with van der Waals surface area (Å²) < 4.78 is 4.57. The molecule has 88 valence electrons. The van der Waals surface area contributed by atoms with Gasteiger partial charge in [-0.05, 0) is 12.8 Å². The molecule has 3 heteroatoms. The maximum atomic E-state index is 2.31. The van der Waals surface area contributed by atoms with E-state index in [1.165, 1.54) is 37.8 Å². The van der Waals surface area contributed by atoms with E-state index in [0.717, 1.165) is 6.54 Å². The lowest BCUT2D eigenvalue weighted by molar-refractivity contribution is -0.678. The van der Waals surface area contributed by atoms with Gasteiger partial charge in [0.1, 0.15) is 11.9 Å². The van der Waals surface area contributed by atoms with Crippen LogP contribution in [0.4, 0.5) is 0 Å². The highest BCUT2D eigenvalue weighted by Gasteiger charge is 2.08. The Bertz CT molecular complexity index is 269. The fourth-order valence-electron chi connectivity index (χ4n) is 1.67. The zero-order chi connectivity index (χ0) is 10.4. The molecule has 0 saturated carbocycles. The van der Waals surface area contributed by atoms with E-state index in [1.807, 2.05) is 0 Å². The van der Waals surface area contributed by atoms with Gasteiger partial charge >= 0.3 is 0 Å². The molecule has 0 amide bonds. The van der Waals surface area contributed by atoms with Crippen LogP contribution in [0.1, 0.15) is 45.2 Å². The second kappa shape index (κ2) is 7.75. The smallest absolute Gasteiger partial charge is 0.243 e. The predicted octanol–water partition coefficient (Wildman–Crippen LogP) is -0.541. The standard InChI is InChI=1S/C12H23N2.ClH/c1-4-6-8-12-10-14(9-7-5-2)11-13(12)3;/h10-11H,4-9H2,1-3H3;1H/q+1;/p-1. The van der Waals surface area contributed by atoms with E-state index in [9.17, 15) is 0 Å². The third-order valence-electron chi connectivity index (χ3n) is 2.65. The molecule has 0 unspecified atom stereocenters. The Morgan fingerprint density at radius 3 is 2.47 bits per heavy atom. The summed E-state index contributed by atoms with van der Waals surface area (Å²) in [4.78, 5) is 0. The molecule has 0 spiro atoms. The summed E-state index contributed by atoms with van der Waals surface area (Å²) in [6.07, 6.45) is 10.8. The van der Waals surface area contributed by atoms with Crippen molar-refractivity contribution in [3.05, 3.63) is 18.2 Å². The first kappa shape index (κ1) is 14.5. The van der Waals surface area contributed by atoms with Crippen LogP contribution in [-0.2, 0) is 20.0 Å². The Kier molecular flexibility index (Phi) is 7.49. The average molecular weight is 231 g/mol. The molecule has 2 nitrogen and oxygen atoms in total. The van der Waals surface area contributed by atoms with Crippen molar-refractivity contribution in [3.8, 4) is 0 Å². The van der Waals surface area contributed by atoms with Crippen LogP contribution in [0.25, 0.3) is 0 Å². The highest BCUT2D eigenvalue weighted by atomic mass is 35.5. The van der Waals surface area contributed by atoms with E-state index in [-0.39, 0.29) is 12.4 Å². The van der Waals surface area contributed by atoms with Crippen molar-refractivity contribution in [1.82, 2.24) is 4.57 Å². The molecule has 0 radical (unpaired) electrons. The number of unbranched alkanes of at least 4 members (excludes halogenated alkanes) is 2. The molecule has 0 aromatic carbocycles. The molecule has 0 aliphatic carbocycles. The van der Waals surface area contributed by atoms with Gasteiger partial charge in [-0.2, -0.15) is 0 Å². The van der Waals surface area contributed by atoms with Crippen LogP contribution in [0, 0.1) is 0 Å². The SMILES string of the molecule is CCCCc1cn(CCCC)c[n+]1C.[Cl-]. The van der Waals surface area contributed by atoms with E-state index < -0.39 is 0 Å². The summed E-state index contributed by atoms with van der Waals surface area (Å²) in [5, 5.41) is 0. The fraction of sp³-hybridized carbons (Fsp3) is 0.750. The van der Waals surface area contributed by atoms with Crippen molar-refractivity contribution in [1.29, 1.82) is 0 Å². The highest BCUT2D eigenvalue weighted by Crippen LogP contribution is 2.01. The van der Waals surface area contributed by atoms with Crippen LogP contribution in [-0.4, -0.2) is 4.57 Å². The van der Waals surface area contributed by atoms with Gasteiger partial charge in [0.25, 0.3) is 0 Å². The second-order valence-corrected chi connectivity index (χ2v) is 4.04. The van der Waals surface area contributed by atoms with Crippen LogP contribution in [0.5, 0.6) is 0 Å². The van der Waals surface area contributed by atoms with Gasteiger partial charge in [0.05, 0.1) is 13.6 Å². The molecular weight excluding hydrogens is 208 g/mol. The molecule has 15 heavy (non-hydrogen) atoms. The van der Waals surface area contributed by atoms with E-state index in [2.05, 4.69) is 42.6 Å². The summed E-state index contributed by atoms with van der Waals surface area (Å²) in [5.41, 5.74) is 1.46. The quantitative estimate of drug-likeness (QED) is 0.581. The van der Waals surface area contributed by atoms with Gasteiger partial charge in [-0.15, -0.1) is 0 Å². The molecule has 1 rings (SSSR count). The third-order valence-corrected chi connectivity index (χ3v) is 2.65. The topological polar surface area (TPSA) is 8.81 Å². The number of imidazole rings is 1. The molecule has 0 bridgehead atoms.